The number of nitrogens with zero attached hydrogens (tertiary/aromatic N) is 4. The van der Waals surface area contributed by atoms with Gasteiger partial charge in [-0.05, 0) is 31.9 Å². The first-order valence-corrected chi connectivity index (χ1v) is 6.81. The molecule has 0 radical (unpaired) electrons. The number of hydrogen-bond acceptors (Lipinski definition) is 6. The van der Waals surface area contributed by atoms with Crippen molar-refractivity contribution in [3.05, 3.63) is 30.0 Å². The number of aromatic nitrogens is 5. The normalized spacial score (nSPS) is 25.8. The Balaban J connectivity index is 1.58. The van der Waals surface area contributed by atoms with Crippen LogP contribution in [-0.2, 0) is 0 Å². The molecule has 0 unspecified atom stereocenters. The van der Waals surface area contributed by atoms with Crippen LogP contribution < -0.4 is 5.32 Å². The molecule has 3 N–H and O–H groups in total. The zero-order valence-electron chi connectivity index (χ0n) is 11.3. The van der Waals surface area contributed by atoms with E-state index >= 15 is 0 Å². The molecular weight excluding hydrogens is 256 g/mol. The number of H-pyrrole nitrogens is 1. The highest BCUT2D eigenvalue weighted by Crippen LogP contribution is 2.37. The van der Waals surface area contributed by atoms with Gasteiger partial charge in [-0.3, -0.25) is 5.10 Å². The van der Waals surface area contributed by atoms with Crippen LogP contribution in [0.4, 0.5) is 5.82 Å². The summed E-state index contributed by atoms with van der Waals surface area (Å²) in [5.74, 6) is 2.76. The van der Waals surface area contributed by atoms with Gasteiger partial charge in [0.15, 0.2) is 5.82 Å². The number of nitrogens with one attached hydrogen (secondary N) is 2. The molecule has 0 amide bonds. The monoisotopic (exact) mass is 274 g/mol. The second-order valence-electron chi connectivity index (χ2n) is 5.26. The van der Waals surface area contributed by atoms with Gasteiger partial charge in [-0.25, -0.2) is 4.98 Å². The minimum atomic E-state index is -0.331. The van der Waals surface area contributed by atoms with E-state index in [1.807, 2.05) is 19.1 Å². The van der Waals surface area contributed by atoms with E-state index in [1.54, 1.807) is 6.20 Å². The van der Waals surface area contributed by atoms with Gasteiger partial charge in [0, 0.05) is 24.6 Å². The second kappa shape index (κ2) is 5.54. The fourth-order valence-electron chi connectivity index (χ4n) is 2.71. The molecule has 106 valence electrons. The van der Waals surface area contributed by atoms with Crippen LogP contribution in [0.1, 0.15) is 30.4 Å². The summed E-state index contributed by atoms with van der Waals surface area (Å²) in [7, 11) is 0. The summed E-state index contributed by atoms with van der Waals surface area (Å²) >= 11 is 0. The number of hydrogen-bond donors (Lipinski definition) is 3. The van der Waals surface area contributed by atoms with Crippen molar-refractivity contribution in [2.45, 2.75) is 31.8 Å². The van der Waals surface area contributed by atoms with E-state index in [9.17, 15) is 5.11 Å². The molecule has 1 aliphatic rings. The molecule has 1 fully saturated rings. The molecular formula is C13H18N6O. The molecule has 0 aliphatic heterocycles. The van der Waals surface area contributed by atoms with Crippen LogP contribution in [-0.4, -0.2) is 43.1 Å². The maximum atomic E-state index is 10.2. The van der Waals surface area contributed by atoms with E-state index in [0.29, 0.717) is 13.0 Å². The van der Waals surface area contributed by atoms with Gasteiger partial charge in [-0.15, -0.1) is 5.10 Å². The highest BCUT2D eigenvalue weighted by atomic mass is 16.3. The molecule has 1 saturated carbocycles. The zero-order valence-corrected chi connectivity index (χ0v) is 11.3. The third kappa shape index (κ3) is 2.77. The van der Waals surface area contributed by atoms with E-state index < -0.39 is 0 Å². The lowest BCUT2D eigenvalue weighted by Crippen LogP contribution is -2.22. The summed E-state index contributed by atoms with van der Waals surface area (Å²) in [6.07, 6.45) is 2.90. The van der Waals surface area contributed by atoms with E-state index in [4.69, 9.17) is 0 Å². The summed E-state index contributed by atoms with van der Waals surface area (Å²) in [5, 5.41) is 28.2. The Bertz CT molecular complexity index is 557. The van der Waals surface area contributed by atoms with Gasteiger partial charge in [-0.2, -0.15) is 10.2 Å². The van der Waals surface area contributed by atoms with Crippen LogP contribution in [0.5, 0.6) is 0 Å². The first kappa shape index (κ1) is 13.0. The van der Waals surface area contributed by atoms with Crippen LogP contribution in [0.15, 0.2) is 18.3 Å². The summed E-state index contributed by atoms with van der Waals surface area (Å²) in [6, 6.07) is 3.70. The van der Waals surface area contributed by atoms with E-state index in [0.717, 1.165) is 23.9 Å². The Labute approximate surface area is 116 Å². The number of rotatable bonds is 4. The summed E-state index contributed by atoms with van der Waals surface area (Å²) < 4.78 is 0. The zero-order chi connectivity index (χ0) is 13.9. The fraction of sp³-hybridized carbons (Fsp3) is 0.538. The van der Waals surface area contributed by atoms with E-state index in [2.05, 4.69) is 30.7 Å². The van der Waals surface area contributed by atoms with Crippen LogP contribution in [0, 0.1) is 12.8 Å². The Kier molecular flexibility index (Phi) is 3.60. The van der Waals surface area contributed by atoms with Crippen LogP contribution in [0.25, 0.3) is 0 Å². The highest BCUT2D eigenvalue weighted by molar-refractivity contribution is 5.31. The van der Waals surface area contributed by atoms with Crippen LogP contribution in [0.3, 0.4) is 0 Å². The molecule has 7 heteroatoms. The molecule has 20 heavy (non-hydrogen) atoms. The lowest BCUT2D eigenvalue weighted by molar-refractivity contribution is 0.137. The molecule has 0 spiro atoms. The first-order valence-electron chi connectivity index (χ1n) is 6.81. The molecule has 2 aromatic heterocycles. The van der Waals surface area contributed by atoms with Gasteiger partial charge < -0.3 is 10.4 Å². The number of aliphatic hydroxyl groups is 1. The van der Waals surface area contributed by atoms with Crippen molar-refractivity contribution in [1.82, 2.24) is 25.4 Å². The maximum Gasteiger partial charge on any atom is 0.153 e. The number of aromatic amines is 1. The topological polar surface area (TPSA) is 99.6 Å². The van der Waals surface area contributed by atoms with Crippen molar-refractivity contribution >= 4 is 5.82 Å². The quantitative estimate of drug-likeness (QED) is 0.765. The SMILES string of the molecule is Cc1nc([C@H]2C[C@H](CNc3cccnn3)[C@H](O)C2)n[nH]1. The average Bonchev–Trinajstić information content (AvgIpc) is 3.04. The van der Waals surface area contributed by atoms with Gasteiger partial charge in [0.1, 0.15) is 11.6 Å². The third-order valence-electron chi connectivity index (χ3n) is 3.75. The third-order valence-corrected chi connectivity index (χ3v) is 3.75. The molecule has 0 aromatic carbocycles. The Morgan fingerprint density at radius 3 is 3.05 bits per heavy atom. The van der Waals surface area contributed by atoms with Crippen molar-refractivity contribution in [2.75, 3.05) is 11.9 Å². The summed E-state index contributed by atoms with van der Waals surface area (Å²) in [4.78, 5) is 4.36. The molecule has 2 heterocycles. The van der Waals surface area contributed by atoms with Gasteiger partial charge in [-0.1, -0.05) is 0 Å². The fourth-order valence-corrected chi connectivity index (χ4v) is 2.71. The minimum Gasteiger partial charge on any atom is -0.393 e. The standard InChI is InChI=1S/C13H18N6O/c1-8-16-13(19-17-8)9-5-10(11(20)6-9)7-14-12-3-2-4-15-18-12/h2-4,9-11,20H,5-7H2,1H3,(H,14,18)(H,16,17,19)/t9-,10+,11+/m0/s1. The van der Waals surface area contributed by atoms with Gasteiger partial charge in [0.05, 0.1) is 6.10 Å². The lowest BCUT2D eigenvalue weighted by atomic mass is 10.0. The van der Waals surface area contributed by atoms with E-state index in [1.165, 1.54) is 0 Å². The largest absolute Gasteiger partial charge is 0.393 e. The van der Waals surface area contributed by atoms with Crippen molar-refractivity contribution in [3.8, 4) is 0 Å². The van der Waals surface area contributed by atoms with Crippen LogP contribution in [0.2, 0.25) is 0 Å². The van der Waals surface area contributed by atoms with E-state index in [-0.39, 0.29) is 17.9 Å². The average molecular weight is 274 g/mol. The smallest absolute Gasteiger partial charge is 0.153 e. The Morgan fingerprint density at radius 1 is 1.45 bits per heavy atom. The molecule has 2 aromatic rings. The molecule has 3 rings (SSSR count). The van der Waals surface area contributed by atoms with Crippen molar-refractivity contribution in [1.29, 1.82) is 0 Å². The summed E-state index contributed by atoms with van der Waals surface area (Å²) in [5.41, 5.74) is 0. The molecule has 1 aliphatic carbocycles. The first-order chi connectivity index (χ1) is 9.72. The predicted molar refractivity (Wildman–Crippen MR) is 73.1 cm³/mol. The van der Waals surface area contributed by atoms with Crippen molar-refractivity contribution in [2.24, 2.45) is 5.92 Å². The minimum absolute atomic E-state index is 0.181. The number of anilines is 1. The van der Waals surface area contributed by atoms with Gasteiger partial charge in [0.25, 0.3) is 0 Å². The molecule has 3 atom stereocenters. The molecule has 7 nitrogen and oxygen atoms in total. The van der Waals surface area contributed by atoms with Gasteiger partial charge in [0.2, 0.25) is 0 Å². The maximum absolute atomic E-state index is 10.2. The molecule has 0 bridgehead atoms. The Morgan fingerprint density at radius 2 is 2.35 bits per heavy atom. The highest BCUT2D eigenvalue weighted by Gasteiger charge is 2.35. The van der Waals surface area contributed by atoms with Crippen molar-refractivity contribution in [3.63, 3.8) is 0 Å². The molecule has 0 saturated heterocycles. The second-order valence-corrected chi connectivity index (χ2v) is 5.26. The predicted octanol–water partition coefficient (Wildman–Crippen LogP) is 0.870. The van der Waals surface area contributed by atoms with Crippen molar-refractivity contribution < 1.29 is 5.11 Å². The van der Waals surface area contributed by atoms with Crippen LogP contribution >= 0.6 is 0 Å². The van der Waals surface area contributed by atoms with Gasteiger partial charge >= 0.3 is 0 Å². The Hall–Kier alpha value is -2.02. The number of aliphatic hydroxyl groups excluding tert-OH is 1. The summed E-state index contributed by atoms with van der Waals surface area (Å²) in [6.45, 7) is 2.56. The number of aryl methyl sites for hydroxylation is 1. The lowest BCUT2D eigenvalue weighted by Gasteiger charge is -2.14.